The van der Waals surface area contributed by atoms with Gasteiger partial charge in [0.2, 0.25) is 5.96 Å². The zero-order chi connectivity index (χ0) is 10.1. The number of nitrogens with zero attached hydrogens (tertiary/aromatic N) is 2. The third-order valence-electron chi connectivity index (χ3n) is 3.29. The maximum atomic E-state index is 5.49. The van der Waals surface area contributed by atoms with E-state index in [1.807, 2.05) is 0 Å². The van der Waals surface area contributed by atoms with E-state index in [0.717, 1.165) is 30.9 Å². The van der Waals surface area contributed by atoms with Crippen LogP contribution in [0.3, 0.4) is 0 Å². The summed E-state index contributed by atoms with van der Waals surface area (Å²) >= 11 is 0. The average molecular weight is 196 g/mol. The number of nitrogens with two attached hydrogens (primary N) is 1. The van der Waals surface area contributed by atoms with E-state index in [4.69, 9.17) is 5.84 Å². The molecule has 0 bridgehead atoms. The van der Waals surface area contributed by atoms with Crippen LogP contribution in [-0.4, -0.2) is 30.0 Å². The molecule has 2 unspecified atom stereocenters. The molecule has 1 aliphatic heterocycles. The van der Waals surface area contributed by atoms with Gasteiger partial charge in [0.15, 0.2) is 0 Å². The summed E-state index contributed by atoms with van der Waals surface area (Å²) in [6.45, 7) is 6.42. The van der Waals surface area contributed by atoms with E-state index in [1.54, 1.807) is 0 Å². The molecule has 0 aromatic carbocycles. The summed E-state index contributed by atoms with van der Waals surface area (Å²) in [4.78, 5) is 6.77. The Labute approximate surface area is 85.5 Å². The van der Waals surface area contributed by atoms with Crippen LogP contribution in [0.2, 0.25) is 0 Å². The predicted octanol–water partition coefficient (Wildman–Crippen LogP) is 0.556. The van der Waals surface area contributed by atoms with Crippen molar-refractivity contribution in [1.29, 1.82) is 0 Å². The molecule has 4 nitrogen and oxygen atoms in total. The maximum absolute atomic E-state index is 5.49. The van der Waals surface area contributed by atoms with Gasteiger partial charge in [-0.1, -0.05) is 0 Å². The Morgan fingerprint density at radius 2 is 1.93 bits per heavy atom. The van der Waals surface area contributed by atoms with Crippen molar-refractivity contribution in [2.75, 3.05) is 13.1 Å². The number of aliphatic imine (C=N–C) groups is 1. The van der Waals surface area contributed by atoms with Crippen LogP contribution in [0.15, 0.2) is 4.99 Å². The van der Waals surface area contributed by atoms with Crippen LogP contribution in [0, 0.1) is 11.8 Å². The van der Waals surface area contributed by atoms with Gasteiger partial charge in [-0.3, -0.25) is 5.43 Å². The Morgan fingerprint density at radius 1 is 1.36 bits per heavy atom. The van der Waals surface area contributed by atoms with Gasteiger partial charge in [0.1, 0.15) is 0 Å². The summed E-state index contributed by atoms with van der Waals surface area (Å²) in [6.07, 6.45) is 2.78. The van der Waals surface area contributed by atoms with E-state index in [0.29, 0.717) is 6.04 Å². The molecule has 1 heterocycles. The molecule has 2 fully saturated rings. The summed E-state index contributed by atoms with van der Waals surface area (Å²) in [5, 5.41) is 0. The molecular weight excluding hydrogens is 176 g/mol. The molecule has 1 saturated heterocycles. The van der Waals surface area contributed by atoms with Crippen molar-refractivity contribution in [3.8, 4) is 0 Å². The number of hydrazine groups is 1. The highest BCUT2D eigenvalue weighted by atomic mass is 15.4. The van der Waals surface area contributed by atoms with Gasteiger partial charge >= 0.3 is 0 Å². The number of nitrogens with one attached hydrogen (secondary N) is 1. The van der Waals surface area contributed by atoms with Gasteiger partial charge in [-0.05, 0) is 38.5 Å². The largest absolute Gasteiger partial charge is 0.341 e. The Balaban J connectivity index is 1.99. The molecule has 1 aliphatic carbocycles. The molecule has 0 amide bonds. The number of hydrogen-bond acceptors (Lipinski definition) is 2. The summed E-state index contributed by atoms with van der Waals surface area (Å²) in [5.41, 5.74) is 2.72. The minimum atomic E-state index is 0.305. The summed E-state index contributed by atoms with van der Waals surface area (Å²) < 4.78 is 0. The standard InChI is InChI=1S/C10H20N4/c1-7(2)12-10(13-11)14-5-8-3-4-9(8)6-14/h7-9H,3-6,11H2,1-2H3,(H,12,13). The topological polar surface area (TPSA) is 53.6 Å². The average Bonchev–Trinajstić information content (AvgIpc) is 2.39. The molecule has 1 saturated carbocycles. The van der Waals surface area contributed by atoms with Crippen molar-refractivity contribution < 1.29 is 0 Å². The Morgan fingerprint density at radius 3 is 2.29 bits per heavy atom. The number of fused-ring (bicyclic) bond motifs is 1. The fraction of sp³-hybridized carbons (Fsp3) is 0.900. The highest BCUT2D eigenvalue weighted by molar-refractivity contribution is 5.79. The zero-order valence-corrected chi connectivity index (χ0v) is 9.03. The molecule has 3 N–H and O–H groups in total. The van der Waals surface area contributed by atoms with Crippen LogP contribution < -0.4 is 11.3 Å². The van der Waals surface area contributed by atoms with Crippen LogP contribution in [0.4, 0.5) is 0 Å². The van der Waals surface area contributed by atoms with Gasteiger partial charge in [-0.15, -0.1) is 0 Å². The van der Waals surface area contributed by atoms with Crippen molar-refractivity contribution in [3.63, 3.8) is 0 Å². The van der Waals surface area contributed by atoms with E-state index in [-0.39, 0.29) is 0 Å². The molecule has 2 aliphatic rings. The number of hydrogen-bond donors (Lipinski definition) is 2. The molecular formula is C10H20N4. The normalized spacial score (nSPS) is 31.7. The van der Waals surface area contributed by atoms with Crippen molar-refractivity contribution >= 4 is 5.96 Å². The van der Waals surface area contributed by atoms with E-state index in [1.165, 1.54) is 12.8 Å². The van der Waals surface area contributed by atoms with E-state index in [9.17, 15) is 0 Å². The van der Waals surface area contributed by atoms with E-state index < -0.39 is 0 Å². The quantitative estimate of drug-likeness (QED) is 0.279. The minimum absolute atomic E-state index is 0.305. The lowest BCUT2D eigenvalue weighted by molar-refractivity contribution is 0.243. The van der Waals surface area contributed by atoms with Crippen LogP contribution in [0.25, 0.3) is 0 Å². The van der Waals surface area contributed by atoms with Gasteiger partial charge < -0.3 is 4.90 Å². The monoisotopic (exact) mass is 196 g/mol. The van der Waals surface area contributed by atoms with Crippen LogP contribution in [0.5, 0.6) is 0 Å². The first-order valence-electron chi connectivity index (χ1n) is 5.50. The first-order chi connectivity index (χ1) is 6.70. The highest BCUT2D eigenvalue weighted by Gasteiger charge is 2.40. The van der Waals surface area contributed by atoms with Gasteiger partial charge in [0.25, 0.3) is 0 Å². The third-order valence-corrected chi connectivity index (χ3v) is 3.29. The van der Waals surface area contributed by atoms with Gasteiger partial charge in [-0.2, -0.15) is 0 Å². The second kappa shape index (κ2) is 3.77. The SMILES string of the molecule is CC(C)N=C(NN)N1CC2CCC2C1. The third kappa shape index (κ3) is 1.71. The van der Waals surface area contributed by atoms with E-state index in [2.05, 4.69) is 29.2 Å². The molecule has 0 spiro atoms. The second-order valence-electron chi connectivity index (χ2n) is 4.69. The number of rotatable bonds is 1. The maximum Gasteiger partial charge on any atom is 0.208 e. The van der Waals surface area contributed by atoms with Crippen molar-refractivity contribution in [1.82, 2.24) is 10.3 Å². The van der Waals surface area contributed by atoms with Crippen molar-refractivity contribution in [2.24, 2.45) is 22.7 Å². The Kier molecular flexibility index (Phi) is 2.63. The van der Waals surface area contributed by atoms with Crippen molar-refractivity contribution in [3.05, 3.63) is 0 Å². The lowest BCUT2D eigenvalue weighted by Crippen LogP contribution is -2.44. The first kappa shape index (κ1) is 9.77. The first-order valence-corrected chi connectivity index (χ1v) is 5.50. The Bertz CT molecular complexity index is 224. The molecule has 2 rings (SSSR count). The van der Waals surface area contributed by atoms with Gasteiger partial charge in [0, 0.05) is 19.1 Å². The molecule has 80 valence electrons. The van der Waals surface area contributed by atoms with Crippen LogP contribution >= 0.6 is 0 Å². The molecule has 14 heavy (non-hydrogen) atoms. The fourth-order valence-corrected chi connectivity index (χ4v) is 2.39. The highest BCUT2D eigenvalue weighted by Crippen LogP contribution is 2.40. The molecule has 0 aromatic rings. The minimum Gasteiger partial charge on any atom is -0.341 e. The zero-order valence-electron chi connectivity index (χ0n) is 9.03. The Hall–Kier alpha value is -0.770. The fourth-order valence-electron chi connectivity index (χ4n) is 2.39. The van der Waals surface area contributed by atoms with Crippen LogP contribution in [-0.2, 0) is 0 Å². The number of guanidine groups is 1. The lowest BCUT2D eigenvalue weighted by Gasteiger charge is -2.27. The lowest BCUT2D eigenvalue weighted by atomic mass is 9.77. The van der Waals surface area contributed by atoms with Crippen LogP contribution in [0.1, 0.15) is 26.7 Å². The van der Waals surface area contributed by atoms with Crippen molar-refractivity contribution in [2.45, 2.75) is 32.7 Å². The summed E-state index contributed by atoms with van der Waals surface area (Å²) in [6, 6.07) is 0.305. The number of likely N-dealkylation sites (tertiary alicyclic amines) is 1. The molecule has 4 heteroatoms. The van der Waals surface area contributed by atoms with Gasteiger partial charge in [0.05, 0.1) is 0 Å². The summed E-state index contributed by atoms with van der Waals surface area (Å²) in [5.74, 6) is 8.17. The molecule has 0 radical (unpaired) electrons. The summed E-state index contributed by atoms with van der Waals surface area (Å²) in [7, 11) is 0. The molecule has 2 atom stereocenters. The second-order valence-corrected chi connectivity index (χ2v) is 4.69. The van der Waals surface area contributed by atoms with Gasteiger partial charge in [-0.25, -0.2) is 10.8 Å². The predicted molar refractivity (Wildman–Crippen MR) is 57.7 cm³/mol. The smallest absolute Gasteiger partial charge is 0.208 e. The molecule has 0 aromatic heterocycles. The van der Waals surface area contributed by atoms with E-state index >= 15 is 0 Å².